The lowest BCUT2D eigenvalue weighted by atomic mass is 10.0. The molecule has 19 heavy (non-hydrogen) atoms. The van der Waals surface area contributed by atoms with Crippen LogP contribution in [0.25, 0.3) is 0 Å². The lowest BCUT2D eigenvalue weighted by Gasteiger charge is -2.35. The smallest absolute Gasteiger partial charge is 0.272 e. The molecular weight excluding hydrogens is 249 g/mol. The molecule has 1 fully saturated rings. The third kappa shape index (κ3) is 3.27. The minimum atomic E-state index is -0.587. The van der Waals surface area contributed by atoms with Gasteiger partial charge in [0.1, 0.15) is 5.82 Å². The van der Waals surface area contributed by atoms with Crippen LogP contribution in [-0.2, 0) is 6.54 Å². The van der Waals surface area contributed by atoms with E-state index in [1.807, 2.05) is 0 Å². The Morgan fingerprint density at radius 3 is 2.89 bits per heavy atom. The number of nitrogens with zero attached hydrogens (tertiary/aromatic N) is 2. The third-order valence-electron chi connectivity index (χ3n) is 3.64. The fraction of sp³-hybridized carbons (Fsp3) is 0.538. The topological polar surface area (TPSA) is 72.4 Å². The molecule has 1 aliphatic rings. The first-order chi connectivity index (χ1) is 9.11. The maximum Gasteiger partial charge on any atom is 0.272 e. The van der Waals surface area contributed by atoms with Crippen LogP contribution >= 0.6 is 0 Å². The molecule has 0 bridgehead atoms. The molecule has 0 aliphatic carbocycles. The first-order valence-corrected chi connectivity index (χ1v) is 6.48. The molecular formula is C13H18FN3O2. The molecule has 1 aliphatic heterocycles. The number of halogens is 1. The van der Waals surface area contributed by atoms with Gasteiger partial charge in [0.05, 0.1) is 11.0 Å². The summed E-state index contributed by atoms with van der Waals surface area (Å²) in [7, 11) is 0. The highest BCUT2D eigenvalue weighted by Crippen LogP contribution is 2.22. The van der Waals surface area contributed by atoms with Crippen molar-refractivity contribution in [3.63, 3.8) is 0 Å². The number of rotatable bonds is 4. The second-order valence-corrected chi connectivity index (χ2v) is 4.89. The summed E-state index contributed by atoms with van der Waals surface area (Å²) in [5, 5.41) is 10.6. The van der Waals surface area contributed by atoms with Crippen LogP contribution in [0.2, 0.25) is 0 Å². The van der Waals surface area contributed by atoms with Gasteiger partial charge in [-0.05, 0) is 25.5 Å². The summed E-state index contributed by atoms with van der Waals surface area (Å²) in [6.07, 6.45) is 3.28. The number of hydrogen-bond donors (Lipinski definition) is 1. The van der Waals surface area contributed by atoms with E-state index < -0.39 is 10.7 Å². The third-order valence-corrected chi connectivity index (χ3v) is 3.64. The van der Waals surface area contributed by atoms with Gasteiger partial charge < -0.3 is 5.73 Å². The molecule has 2 rings (SSSR count). The van der Waals surface area contributed by atoms with E-state index in [0.29, 0.717) is 18.7 Å². The zero-order valence-corrected chi connectivity index (χ0v) is 10.7. The van der Waals surface area contributed by atoms with Crippen LogP contribution in [0.5, 0.6) is 0 Å². The largest absolute Gasteiger partial charge is 0.329 e. The number of non-ortho nitro benzene ring substituents is 1. The van der Waals surface area contributed by atoms with Crippen LogP contribution in [0, 0.1) is 15.9 Å². The van der Waals surface area contributed by atoms with Crippen LogP contribution in [0.1, 0.15) is 24.8 Å². The lowest BCUT2D eigenvalue weighted by Crippen LogP contribution is -2.43. The number of piperidine rings is 1. The van der Waals surface area contributed by atoms with E-state index in [-0.39, 0.29) is 11.7 Å². The van der Waals surface area contributed by atoms with Crippen LogP contribution in [-0.4, -0.2) is 29.0 Å². The average molecular weight is 267 g/mol. The van der Waals surface area contributed by atoms with Crippen molar-refractivity contribution in [1.82, 2.24) is 4.90 Å². The number of benzene rings is 1. The maximum absolute atomic E-state index is 13.8. The van der Waals surface area contributed by atoms with Gasteiger partial charge in [-0.1, -0.05) is 6.42 Å². The molecule has 1 aromatic carbocycles. The van der Waals surface area contributed by atoms with E-state index in [1.165, 1.54) is 12.1 Å². The van der Waals surface area contributed by atoms with E-state index in [4.69, 9.17) is 5.73 Å². The van der Waals surface area contributed by atoms with Crippen molar-refractivity contribution in [2.75, 3.05) is 13.1 Å². The molecule has 0 saturated carbocycles. The number of nitro benzene ring substituents is 1. The highest BCUT2D eigenvalue weighted by Gasteiger charge is 2.22. The SMILES string of the molecule is NCC1CCCCN1Cc1ccc([N+](=O)[O-])cc1F. The number of nitro groups is 1. The summed E-state index contributed by atoms with van der Waals surface area (Å²) in [4.78, 5) is 12.1. The second-order valence-electron chi connectivity index (χ2n) is 4.89. The summed E-state index contributed by atoms with van der Waals surface area (Å²) < 4.78 is 13.8. The molecule has 6 heteroatoms. The predicted octanol–water partition coefficient (Wildman–Crippen LogP) is 2.05. The first kappa shape index (κ1) is 13.9. The van der Waals surface area contributed by atoms with Crippen molar-refractivity contribution in [2.24, 2.45) is 5.73 Å². The standard InChI is InChI=1S/C13H18FN3O2/c14-13-7-11(17(18)19)5-4-10(13)9-16-6-2-1-3-12(16)8-15/h4-5,7,12H,1-3,6,8-9,15H2. The minimum absolute atomic E-state index is 0.213. The van der Waals surface area contributed by atoms with Gasteiger partial charge >= 0.3 is 0 Å². The minimum Gasteiger partial charge on any atom is -0.329 e. The summed E-state index contributed by atoms with van der Waals surface area (Å²) in [5.74, 6) is -0.518. The highest BCUT2D eigenvalue weighted by molar-refractivity contribution is 5.34. The van der Waals surface area contributed by atoms with Crippen molar-refractivity contribution in [2.45, 2.75) is 31.8 Å². The molecule has 1 atom stereocenters. The van der Waals surface area contributed by atoms with E-state index in [2.05, 4.69) is 4.90 Å². The van der Waals surface area contributed by atoms with Gasteiger partial charge in [-0.3, -0.25) is 15.0 Å². The zero-order chi connectivity index (χ0) is 13.8. The van der Waals surface area contributed by atoms with Gasteiger partial charge in [0.15, 0.2) is 0 Å². The summed E-state index contributed by atoms with van der Waals surface area (Å²) in [6.45, 7) is 1.93. The Labute approximate surface area is 111 Å². The second kappa shape index (κ2) is 6.08. The van der Waals surface area contributed by atoms with Gasteiger partial charge in [-0.25, -0.2) is 4.39 Å². The van der Waals surface area contributed by atoms with E-state index >= 15 is 0 Å². The maximum atomic E-state index is 13.8. The number of likely N-dealkylation sites (tertiary alicyclic amines) is 1. The van der Waals surface area contributed by atoms with Crippen LogP contribution < -0.4 is 5.73 Å². The molecule has 1 aromatic rings. The van der Waals surface area contributed by atoms with E-state index in [1.54, 1.807) is 0 Å². The van der Waals surface area contributed by atoms with Crippen molar-refractivity contribution in [1.29, 1.82) is 0 Å². The molecule has 0 aromatic heterocycles. The lowest BCUT2D eigenvalue weighted by molar-refractivity contribution is -0.385. The zero-order valence-electron chi connectivity index (χ0n) is 10.7. The summed E-state index contributed by atoms with van der Waals surface area (Å²) >= 11 is 0. The molecule has 1 unspecified atom stereocenters. The molecule has 1 saturated heterocycles. The Morgan fingerprint density at radius 2 is 2.26 bits per heavy atom. The fourth-order valence-electron chi connectivity index (χ4n) is 2.53. The van der Waals surface area contributed by atoms with Crippen molar-refractivity contribution in [3.05, 3.63) is 39.7 Å². The first-order valence-electron chi connectivity index (χ1n) is 6.48. The Kier molecular flexibility index (Phi) is 4.44. The molecule has 0 spiro atoms. The van der Waals surface area contributed by atoms with Gasteiger partial charge in [0.2, 0.25) is 0 Å². The molecule has 104 valence electrons. The number of nitrogens with two attached hydrogens (primary N) is 1. The van der Waals surface area contributed by atoms with Gasteiger partial charge in [0.25, 0.3) is 5.69 Å². The molecule has 0 amide bonds. The quantitative estimate of drug-likeness (QED) is 0.669. The van der Waals surface area contributed by atoms with Gasteiger partial charge in [-0.2, -0.15) is 0 Å². The molecule has 5 nitrogen and oxygen atoms in total. The van der Waals surface area contributed by atoms with Crippen molar-refractivity contribution >= 4 is 5.69 Å². The van der Waals surface area contributed by atoms with Crippen LogP contribution in [0.15, 0.2) is 18.2 Å². The van der Waals surface area contributed by atoms with Crippen LogP contribution in [0.3, 0.4) is 0 Å². The van der Waals surface area contributed by atoms with Crippen molar-refractivity contribution in [3.8, 4) is 0 Å². The predicted molar refractivity (Wildman–Crippen MR) is 70.2 cm³/mol. The Hall–Kier alpha value is -1.53. The van der Waals surface area contributed by atoms with Gasteiger partial charge in [0, 0.05) is 30.8 Å². The summed E-state index contributed by atoms with van der Waals surface area (Å²) in [6, 6.07) is 4.11. The Balaban J connectivity index is 2.11. The average Bonchev–Trinajstić information content (AvgIpc) is 2.41. The monoisotopic (exact) mass is 267 g/mol. The molecule has 2 N–H and O–H groups in total. The number of hydrogen-bond acceptors (Lipinski definition) is 4. The summed E-state index contributed by atoms with van der Waals surface area (Å²) in [5.41, 5.74) is 6.00. The highest BCUT2D eigenvalue weighted by atomic mass is 19.1. The van der Waals surface area contributed by atoms with E-state index in [9.17, 15) is 14.5 Å². The van der Waals surface area contributed by atoms with E-state index in [0.717, 1.165) is 31.9 Å². The fourth-order valence-corrected chi connectivity index (χ4v) is 2.53. The molecule has 0 radical (unpaired) electrons. The van der Waals surface area contributed by atoms with Crippen molar-refractivity contribution < 1.29 is 9.31 Å². The normalized spacial score (nSPS) is 20.4. The Morgan fingerprint density at radius 1 is 1.47 bits per heavy atom. The van der Waals surface area contributed by atoms with Crippen LogP contribution in [0.4, 0.5) is 10.1 Å². The molecule has 1 heterocycles. The Bertz CT molecular complexity index is 467. The van der Waals surface area contributed by atoms with Gasteiger partial charge in [-0.15, -0.1) is 0 Å².